The highest BCUT2D eigenvalue weighted by Gasteiger charge is 2.29. The summed E-state index contributed by atoms with van der Waals surface area (Å²) in [6.07, 6.45) is 8.56. The maximum Gasteiger partial charge on any atom is 0.407 e. The van der Waals surface area contributed by atoms with Crippen LogP contribution in [0.3, 0.4) is 0 Å². The van der Waals surface area contributed by atoms with Crippen molar-refractivity contribution in [2.45, 2.75) is 71.1 Å². The Labute approximate surface area is 433 Å². The van der Waals surface area contributed by atoms with Crippen LogP contribution in [-0.2, 0) is 40.1 Å². The van der Waals surface area contributed by atoms with Crippen molar-refractivity contribution in [2.24, 2.45) is 11.7 Å². The molecule has 0 radical (unpaired) electrons. The van der Waals surface area contributed by atoms with Gasteiger partial charge in [0.25, 0.3) is 17.7 Å². The lowest BCUT2D eigenvalue weighted by molar-refractivity contribution is -0.137. The number of rotatable bonds is 26. The van der Waals surface area contributed by atoms with Crippen LogP contribution >= 0.6 is 0 Å². The number of imide groups is 1. The Balaban J connectivity index is 0.914. The molecule has 1 saturated heterocycles. The molecule has 4 heterocycles. The number of primary amides is 1. The third-order valence-corrected chi connectivity index (χ3v) is 11.8. The normalized spacial score (nSPS) is 13.9. The zero-order chi connectivity index (χ0) is 53.7. The third kappa shape index (κ3) is 17.2. The van der Waals surface area contributed by atoms with Gasteiger partial charge in [0.2, 0.25) is 17.7 Å². The van der Waals surface area contributed by atoms with E-state index >= 15 is 0 Å². The molecule has 398 valence electrons. The quantitative estimate of drug-likeness (QED) is 0.0331. The van der Waals surface area contributed by atoms with Gasteiger partial charge in [-0.05, 0) is 79.6 Å². The number of alkyl carbamates (subject to hydrolysis) is 1. The molecule has 2 aliphatic heterocycles. The highest BCUT2D eigenvalue weighted by molar-refractivity contribution is 6.13. The molecule has 24 heteroatoms. The van der Waals surface area contributed by atoms with Gasteiger partial charge in [-0.15, -0.1) is 0 Å². The zero-order valence-electron chi connectivity index (χ0n) is 41.8. The molecule has 0 saturated carbocycles. The fraction of sp³-hybridized carbons (Fsp3) is 0.392. The van der Waals surface area contributed by atoms with E-state index in [0.717, 1.165) is 10.6 Å². The Morgan fingerprint density at radius 3 is 2.25 bits per heavy atom. The average Bonchev–Trinajstić information content (AvgIpc) is 3.72. The molecular weight excluding hydrogens is 971 g/mol. The molecule has 2 aromatic heterocycles. The third-order valence-electron chi connectivity index (χ3n) is 11.8. The van der Waals surface area contributed by atoms with Crippen molar-refractivity contribution in [3.05, 3.63) is 96.6 Å². The zero-order valence-corrected chi connectivity index (χ0v) is 41.8. The fourth-order valence-corrected chi connectivity index (χ4v) is 7.82. The van der Waals surface area contributed by atoms with Crippen LogP contribution in [0.5, 0.6) is 5.75 Å². The van der Waals surface area contributed by atoms with Crippen LogP contribution in [-0.4, -0.2) is 132 Å². The standard InChI is InChI=1S/C51H63N13O11/c1-32(2)44(62-41(65)8-4-3-5-23-64-42(66)17-18-43(64)67)48(69)60-37(7-6-20-55-50(53)71)47(68)58-35-13-9-33(10-14-35)31-75-51(72)56-22-26-74-36-15-11-34(12-16-36)38-30-57-46(52)45(59-38)49(70)61-39-29-54-21-19-40(39)63-24-27-73-28-25-63/h9-19,21,29-30,32,37,44H,3-8,20,22-28,31H2,1-2H3,(H2,52,57)(H,56,72)(H,58,68)(H,60,69)(H,61,70)(H,62,65)(H3,53,55,71)/t37-,44?/m0/s1. The van der Waals surface area contributed by atoms with E-state index < -0.39 is 41.9 Å². The Kier molecular flexibility index (Phi) is 20.7. The largest absolute Gasteiger partial charge is 0.492 e. The first-order chi connectivity index (χ1) is 36.1. The molecule has 10 N–H and O–H groups in total. The van der Waals surface area contributed by atoms with Crippen LogP contribution in [0, 0.1) is 5.92 Å². The highest BCUT2D eigenvalue weighted by atomic mass is 16.5. The number of aromatic nitrogens is 3. The summed E-state index contributed by atoms with van der Waals surface area (Å²) in [5.74, 6) is -2.60. The van der Waals surface area contributed by atoms with Gasteiger partial charge >= 0.3 is 12.1 Å². The molecule has 0 bridgehead atoms. The molecule has 9 amide bonds. The van der Waals surface area contributed by atoms with Gasteiger partial charge in [0.1, 0.15) is 31.0 Å². The minimum atomic E-state index is -1.06. The molecule has 1 fully saturated rings. The van der Waals surface area contributed by atoms with E-state index in [-0.39, 0.29) is 80.8 Å². The first-order valence-electron chi connectivity index (χ1n) is 24.6. The molecule has 1 unspecified atom stereocenters. The van der Waals surface area contributed by atoms with Crippen LogP contribution in [0.25, 0.3) is 11.3 Å². The van der Waals surface area contributed by atoms with Crippen molar-refractivity contribution in [1.82, 2.24) is 41.1 Å². The van der Waals surface area contributed by atoms with E-state index in [0.29, 0.717) is 85.9 Å². The minimum Gasteiger partial charge on any atom is -0.492 e. The molecular formula is C51H63N13O11. The first-order valence-corrected chi connectivity index (χ1v) is 24.6. The van der Waals surface area contributed by atoms with Crippen molar-refractivity contribution >= 4 is 70.4 Å². The predicted octanol–water partition coefficient (Wildman–Crippen LogP) is 3.01. The second-order valence-electron chi connectivity index (χ2n) is 17.8. The number of anilines is 4. The van der Waals surface area contributed by atoms with Crippen LogP contribution in [0.4, 0.5) is 32.5 Å². The molecule has 0 aliphatic carbocycles. The van der Waals surface area contributed by atoms with Crippen molar-refractivity contribution < 1.29 is 52.6 Å². The summed E-state index contributed by atoms with van der Waals surface area (Å²) >= 11 is 0. The average molecular weight is 1030 g/mol. The number of nitrogen functional groups attached to an aromatic ring is 1. The predicted molar refractivity (Wildman–Crippen MR) is 276 cm³/mol. The molecule has 2 aliphatic rings. The van der Waals surface area contributed by atoms with E-state index in [1.165, 1.54) is 18.3 Å². The maximum absolute atomic E-state index is 13.6. The molecule has 2 atom stereocenters. The second-order valence-corrected chi connectivity index (χ2v) is 17.8. The van der Waals surface area contributed by atoms with Crippen LogP contribution < -0.4 is 53.0 Å². The number of benzene rings is 2. The number of unbranched alkanes of at least 4 members (excludes halogenated alkanes) is 2. The number of urea groups is 1. The topological polar surface area (TPSA) is 334 Å². The number of carbonyl (C=O) groups is 8. The number of morpholine rings is 1. The Morgan fingerprint density at radius 2 is 1.55 bits per heavy atom. The lowest BCUT2D eigenvalue weighted by Gasteiger charge is -2.30. The number of carbonyl (C=O) groups excluding carboxylic acids is 8. The summed E-state index contributed by atoms with van der Waals surface area (Å²) in [5.41, 5.74) is 14.6. The van der Waals surface area contributed by atoms with Crippen LogP contribution in [0.1, 0.15) is 68.4 Å². The molecule has 4 aromatic rings. The van der Waals surface area contributed by atoms with E-state index in [1.807, 2.05) is 6.07 Å². The van der Waals surface area contributed by atoms with Gasteiger partial charge in [-0.25, -0.2) is 19.6 Å². The van der Waals surface area contributed by atoms with Crippen molar-refractivity contribution in [2.75, 3.05) is 73.8 Å². The fourth-order valence-electron chi connectivity index (χ4n) is 7.82. The van der Waals surface area contributed by atoms with E-state index in [4.69, 9.17) is 25.7 Å². The van der Waals surface area contributed by atoms with Gasteiger partial charge < -0.3 is 62.5 Å². The number of nitrogens with zero attached hydrogens (tertiary/aromatic N) is 5. The van der Waals surface area contributed by atoms with Gasteiger partial charge in [-0.3, -0.25) is 38.7 Å². The Morgan fingerprint density at radius 1 is 0.813 bits per heavy atom. The number of pyridine rings is 1. The number of nitrogens with one attached hydrogen (secondary N) is 6. The lowest BCUT2D eigenvalue weighted by Crippen LogP contribution is -2.54. The van der Waals surface area contributed by atoms with E-state index in [9.17, 15) is 38.4 Å². The van der Waals surface area contributed by atoms with Crippen molar-refractivity contribution in [1.29, 1.82) is 0 Å². The summed E-state index contributed by atoms with van der Waals surface area (Å²) in [6, 6.07) is 12.5. The summed E-state index contributed by atoms with van der Waals surface area (Å²) in [5, 5.41) is 16.3. The Bertz CT molecular complexity index is 2660. The summed E-state index contributed by atoms with van der Waals surface area (Å²) < 4.78 is 16.6. The first kappa shape index (κ1) is 55.6. The Hall–Kier alpha value is -8.67. The number of nitrogens with two attached hydrogens (primary N) is 2. The molecule has 75 heavy (non-hydrogen) atoms. The van der Waals surface area contributed by atoms with Gasteiger partial charge in [-0.2, -0.15) is 0 Å². The number of amides is 9. The molecule has 24 nitrogen and oxygen atoms in total. The van der Waals surface area contributed by atoms with Crippen molar-refractivity contribution in [3.8, 4) is 17.0 Å². The minimum absolute atomic E-state index is 0.0318. The van der Waals surface area contributed by atoms with Gasteiger partial charge in [0, 0.05) is 62.2 Å². The summed E-state index contributed by atoms with van der Waals surface area (Å²) in [7, 11) is 0. The smallest absolute Gasteiger partial charge is 0.407 e. The van der Waals surface area contributed by atoms with Crippen LogP contribution in [0.2, 0.25) is 0 Å². The van der Waals surface area contributed by atoms with Crippen molar-refractivity contribution in [3.63, 3.8) is 0 Å². The lowest BCUT2D eigenvalue weighted by atomic mass is 10.0. The van der Waals surface area contributed by atoms with Gasteiger partial charge in [-0.1, -0.05) is 32.4 Å². The maximum atomic E-state index is 13.6. The van der Waals surface area contributed by atoms with Gasteiger partial charge in [0.05, 0.1) is 49.2 Å². The monoisotopic (exact) mass is 1030 g/mol. The summed E-state index contributed by atoms with van der Waals surface area (Å²) in [4.78, 5) is 117. The second kappa shape index (κ2) is 28.0. The molecule has 2 aromatic carbocycles. The number of hydrogen-bond donors (Lipinski definition) is 8. The highest BCUT2D eigenvalue weighted by Crippen LogP contribution is 2.27. The molecule has 6 rings (SSSR count). The van der Waals surface area contributed by atoms with Crippen LogP contribution in [0.15, 0.2) is 85.3 Å². The van der Waals surface area contributed by atoms with E-state index in [2.05, 4.69) is 51.8 Å². The molecule has 0 spiro atoms. The number of ether oxygens (including phenoxy) is 3. The SMILES string of the molecule is CC(C)C(NC(=O)CCCCCN1C(=O)C=CC1=O)C(=O)N[C@@H](CCCNC(N)=O)C(=O)Nc1ccc(COC(=O)NCCOc2ccc(-c3cnc(N)c(C(=O)Nc4cnccc4N4CCOCC4)n3)cc2)cc1. The van der Waals surface area contributed by atoms with Gasteiger partial charge in [0.15, 0.2) is 11.5 Å². The summed E-state index contributed by atoms with van der Waals surface area (Å²) in [6.45, 7) is 6.59. The number of hydrogen-bond acceptors (Lipinski definition) is 16. The van der Waals surface area contributed by atoms with E-state index in [1.54, 1.807) is 74.8 Å².